The molecule has 2 aromatic carbocycles. The van der Waals surface area contributed by atoms with Crippen molar-refractivity contribution in [3.8, 4) is 11.3 Å². The highest BCUT2D eigenvalue weighted by Gasteiger charge is 2.26. The average Bonchev–Trinajstić information content (AvgIpc) is 2.67. The summed E-state index contributed by atoms with van der Waals surface area (Å²) in [7, 11) is -1.71. The smallest absolute Gasteiger partial charge is 0.123 e. The van der Waals surface area contributed by atoms with E-state index in [1.54, 1.807) is 12.1 Å². The molecule has 0 saturated heterocycles. The molecule has 0 radical (unpaired) electrons. The van der Waals surface area contributed by atoms with Crippen LogP contribution in [0.1, 0.15) is 38.2 Å². The fourth-order valence-electron chi connectivity index (χ4n) is 3.38. The number of nitrogens with zero attached hydrogens (tertiary/aromatic N) is 1. The summed E-state index contributed by atoms with van der Waals surface area (Å²) < 4.78 is 22.7. The second-order valence-electron chi connectivity index (χ2n) is 8.19. The van der Waals surface area contributed by atoms with Crippen molar-refractivity contribution in [1.82, 2.24) is 4.98 Å². The number of rotatable bonds is 5. The number of hydrogen-bond donors (Lipinski definition) is 0. The maximum Gasteiger partial charge on any atom is 0.123 e. The van der Waals surface area contributed by atoms with Crippen LogP contribution in [0.25, 0.3) is 11.3 Å². The fraction of sp³-hybridized carbons (Fsp3) is 0.292. The van der Waals surface area contributed by atoms with Gasteiger partial charge in [0.25, 0.3) is 0 Å². The van der Waals surface area contributed by atoms with Gasteiger partial charge in [-0.15, -0.1) is 0 Å². The van der Waals surface area contributed by atoms with E-state index in [0.717, 1.165) is 22.4 Å². The summed E-state index contributed by atoms with van der Waals surface area (Å²) in [5.41, 5.74) is 3.84. The first-order valence-corrected chi connectivity index (χ1v) is 12.9. The Morgan fingerprint density at radius 1 is 0.963 bits per heavy atom. The Bertz CT molecular complexity index is 947. The summed E-state index contributed by atoms with van der Waals surface area (Å²) in [4.78, 5) is 4.68. The molecule has 0 aliphatic heterocycles. The summed E-state index contributed by atoms with van der Waals surface area (Å²) in [6.07, 6.45) is 1.95. The minimum atomic E-state index is -1.71. The van der Waals surface area contributed by atoms with Gasteiger partial charge in [0.1, 0.15) is 5.82 Å². The van der Waals surface area contributed by atoms with Crippen LogP contribution in [0, 0.1) is 5.82 Å². The summed E-state index contributed by atoms with van der Waals surface area (Å²) in [5.74, 6) is -1.05. The van der Waals surface area contributed by atoms with Gasteiger partial charge < -0.3 is 0 Å². The first-order valence-electron chi connectivity index (χ1n) is 9.92. The van der Waals surface area contributed by atoms with Crippen LogP contribution in [0.15, 0.2) is 66.9 Å². The van der Waals surface area contributed by atoms with Gasteiger partial charge in [0.15, 0.2) is 0 Å². The van der Waals surface area contributed by atoms with Gasteiger partial charge in [0.2, 0.25) is 0 Å². The van der Waals surface area contributed by atoms with Gasteiger partial charge in [0, 0.05) is 13.1 Å². The topological polar surface area (TPSA) is 12.9 Å². The SMILES string of the molecule is [2H]C(C)(c1cc(-c2ccc(F)cc2)ncc1[Si](C)(C)C)C(C)c1ccccc1. The van der Waals surface area contributed by atoms with Crippen molar-refractivity contribution in [1.29, 1.82) is 0 Å². The Morgan fingerprint density at radius 2 is 1.59 bits per heavy atom. The predicted molar refractivity (Wildman–Crippen MR) is 116 cm³/mol. The quantitative estimate of drug-likeness (QED) is 0.472. The molecular weight excluding hydrogens is 349 g/mol. The minimum absolute atomic E-state index is 0.0206. The summed E-state index contributed by atoms with van der Waals surface area (Å²) >= 11 is 0. The van der Waals surface area contributed by atoms with Crippen LogP contribution in [0.5, 0.6) is 0 Å². The van der Waals surface area contributed by atoms with Gasteiger partial charge in [-0.1, -0.05) is 63.8 Å². The number of benzene rings is 2. The number of hydrogen-bond acceptors (Lipinski definition) is 1. The molecule has 0 saturated carbocycles. The standard InChI is InChI=1S/C24H28FNSi/c1-17(19-9-7-6-8-10-19)18(2)22-15-23(20-11-13-21(25)14-12-20)26-16-24(22)27(3,4)5/h6-18H,1-5H3/i18D. The van der Waals surface area contributed by atoms with Crippen molar-refractivity contribution < 1.29 is 5.76 Å². The minimum Gasteiger partial charge on any atom is -0.256 e. The molecular formula is C24H28FNSi. The normalized spacial score (nSPS) is 15.7. The molecule has 0 amide bonds. The number of aromatic nitrogens is 1. The molecule has 0 bridgehead atoms. The molecule has 0 N–H and O–H groups in total. The Labute approximate surface area is 164 Å². The van der Waals surface area contributed by atoms with E-state index in [-0.39, 0.29) is 11.7 Å². The Morgan fingerprint density at radius 3 is 2.19 bits per heavy atom. The molecule has 2 unspecified atom stereocenters. The monoisotopic (exact) mass is 378 g/mol. The van der Waals surface area contributed by atoms with Gasteiger partial charge in [-0.25, -0.2) is 4.39 Å². The zero-order valence-corrected chi connectivity index (χ0v) is 17.8. The third kappa shape index (κ3) is 4.36. The van der Waals surface area contributed by atoms with E-state index in [2.05, 4.69) is 43.7 Å². The van der Waals surface area contributed by atoms with E-state index in [1.165, 1.54) is 17.3 Å². The Hall–Kier alpha value is -2.26. The molecule has 0 spiro atoms. The van der Waals surface area contributed by atoms with E-state index in [1.807, 2.05) is 37.4 Å². The first-order chi connectivity index (χ1) is 13.1. The van der Waals surface area contributed by atoms with Crippen LogP contribution in [0.4, 0.5) is 4.39 Å². The molecule has 2 atom stereocenters. The second-order valence-corrected chi connectivity index (χ2v) is 13.2. The van der Waals surface area contributed by atoms with Gasteiger partial charge in [-0.2, -0.15) is 0 Å². The van der Waals surface area contributed by atoms with E-state index >= 15 is 0 Å². The van der Waals surface area contributed by atoms with Crippen molar-refractivity contribution in [2.45, 2.75) is 45.3 Å². The molecule has 3 rings (SSSR count). The highest BCUT2D eigenvalue weighted by atomic mass is 28.3. The van der Waals surface area contributed by atoms with Gasteiger partial charge >= 0.3 is 0 Å². The van der Waals surface area contributed by atoms with Crippen LogP contribution in [-0.2, 0) is 0 Å². The summed E-state index contributed by atoms with van der Waals surface area (Å²) in [6.45, 7) is 11.0. The number of pyridine rings is 1. The molecule has 1 nitrogen and oxygen atoms in total. The highest BCUT2D eigenvalue weighted by molar-refractivity contribution is 6.89. The van der Waals surface area contributed by atoms with E-state index < -0.39 is 14.0 Å². The molecule has 1 heterocycles. The van der Waals surface area contributed by atoms with Crippen LogP contribution < -0.4 is 5.19 Å². The maximum atomic E-state index is 13.3. The molecule has 0 aliphatic rings. The van der Waals surface area contributed by atoms with E-state index in [9.17, 15) is 5.76 Å². The molecule has 140 valence electrons. The average molecular weight is 379 g/mol. The molecule has 27 heavy (non-hydrogen) atoms. The van der Waals surface area contributed by atoms with E-state index in [4.69, 9.17) is 0 Å². The van der Waals surface area contributed by atoms with E-state index in [0.29, 0.717) is 0 Å². The Balaban J connectivity index is 2.15. The van der Waals surface area contributed by atoms with Crippen molar-refractivity contribution in [2.75, 3.05) is 0 Å². The van der Waals surface area contributed by atoms with Crippen LogP contribution >= 0.6 is 0 Å². The number of halogens is 1. The summed E-state index contributed by atoms with van der Waals surface area (Å²) in [6, 6.07) is 18.7. The fourth-order valence-corrected chi connectivity index (χ4v) is 4.91. The van der Waals surface area contributed by atoms with Gasteiger partial charge in [-0.3, -0.25) is 4.98 Å². The lowest BCUT2D eigenvalue weighted by Gasteiger charge is -2.28. The largest absolute Gasteiger partial charge is 0.256 e. The zero-order valence-electron chi connectivity index (χ0n) is 17.8. The van der Waals surface area contributed by atoms with Crippen molar-refractivity contribution in [3.05, 3.63) is 83.8 Å². The second kappa shape index (κ2) is 7.77. The lowest BCUT2D eigenvalue weighted by molar-refractivity contribution is 0.625. The lowest BCUT2D eigenvalue weighted by Crippen LogP contribution is -2.41. The van der Waals surface area contributed by atoms with Crippen molar-refractivity contribution in [2.24, 2.45) is 0 Å². The van der Waals surface area contributed by atoms with Crippen molar-refractivity contribution in [3.63, 3.8) is 0 Å². The highest BCUT2D eigenvalue weighted by Crippen LogP contribution is 2.33. The lowest BCUT2D eigenvalue weighted by atomic mass is 9.84. The molecule has 3 aromatic rings. The third-order valence-corrected chi connectivity index (χ3v) is 7.24. The predicted octanol–water partition coefficient (Wildman–Crippen LogP) is 6.34. The van der Waals surface area contributed by atoms with Crippen molar-refractivity contribution >= 4 is 13.3 Å². The first kappa shape index (κ1) is 18.1. The van der Waals surface area contributed by atoms with Crippen LogP contribution in [0.2, 0.25) is 19.6 Å². The van der Waals surface area contributed by atoms with Gasteiger partial charge in [-0.05, 0) is 58.5 Å². The Kier molecular flexibility index (Phi) is 5.21. The zero-order chi connectivity index (χ0) is 20.5. The van der Waals surface area contributed by atoms with Gasteiger partial charge in [0.05, 0.1) is 13.8 Å². The molecule has 1 aromatic heterocycles. The maximum absolute atomic E-state index is 13.3. The molecule has 3 heteroatoms. The third-order valence-electron chi connectivity index (χ3n) is 5.23. The molecule has 0 aliphatic carbocycles. The van der Waals surface area contributed by atoms with Crippen LogP contribution in [0.3, 0.4) is 0 Å². The van der Waals surface area contributed by atoms with Crippen LogP contribution in [-0.4, -0.2) is 13.1 Å². The molecule has 0 fully saturated rings. The summed E-state index contributed by atoms with van der Waals surface area (Å²) in [5, 5.41) is 1.21.